The van der Waals surface area contributed by atoms with E-state index in [0.717, 1.165) is 60.7 Å². The Morgan fingerprint density at radius 1 is 0.365 bits per heavy atom. The number of aromatic hydroxyl groups is 12. The van der Waals surface area contributed by atoms with Crippen molar-refractivity contribution in [1.29, 1.82) is 0 Å². The molecule has 0 aromatic heterocycles. The Bertz CT molecular complexity index is 2840. The van der Waals surface area contributed by atoms with Crippen molar-refractivity contribution in [3.05, 3.63) is 123 Å². The molecule has 63 heavy (non-hydrogen) atoms. The standard InChI is InChI=1S/C45H38O18/c46-18-10-27(54)33-32(11-18)61-42(16-2-5-21(48)25(52)8-16)39(59)37(33)35-29(56)14-30(57)36-38(40(60)43(63-45(35)36)17-3-6-22(49)26(53)9-17)34-28(55)13-23(50)19-12-31(58)41(62-44(19)34)15-1-4-20(47)24(51)7-15/h1-11,13-14,31,37-43,46-60H,12H2/t31-,37+,38+,39+,40-,41-,42-,43-/m1/s1. The number of aliphatic hydroxyl groups excluding tert-OH is 3. The van der Waals surface area contributed by atoms with Gasteiger partial charge in [-0.05, 0) is 53.1 Å². The molecule has 6 aromatic carbocycles. The largest absolute Gasteiger partial charge is 0.508 e. The van der Waals surface area contributed by atoms with Gasteiger partial charge in [-0.2, -0.15) is 0 Å². The van der Waals surface area contributed by atoms with Gasteiger partial charge < -0.3 is 90.8 Å². The van der Waals surface area contributed by atoms with Gasteiger partial charge >= 0.3 is 0 Å². The van der Waals surface area contributed by atoms with E-state index in [1.807, 2.05) is 0 Å². The first kappa shape index (κ1) is 40.6. The van der Waals surface area contributed by atoms with E-state index in [-0.39, 0.29) is 62.4 Å². The van der Waals surface area contributed by atoms with E-state index in [2.05, 4.69) is 0 Å². The van der Waals surface area contributed by atoms with Crippen LogP contribution >= 0.6 is 0 Å². The van der Waals surface area contributed by atoms with Gasteiger partial charge in [0.2, 0.25) is 0 Å². The molecule has 3 aliphatic heterocycles. The molecule has 15 N–H and O–H groups in total. The van der Waals surface area contributed by atoms with Crippen LogP contribution in [0, 0.1) is 0 Å². The maximum absolute atomic E-state index is 12.5. The molecule has 9 rings (SSSR count). The summed E-state index contributed by atoms with van der Waals surface area (Å²) < 4.78 is 18.9. The molecule has 0 saturated heterocycles. The minimum absolute atomic E-state index is 0.0127. The van der Waals surface area contributed by atoms with Crippen molar-refractivity contribution in [3.63, 3.8) is 0 Å². The van der Waals surface area contributed by atoms with Crippen LogP contribution in [0.1, 0.15) is 74.7 Å². The second kappa shape index (κ2) is 14.7. The molecule has 0 saturated carbocycles. The van der Waals surface area contributed by atoms with Gasteiger partial charge in [-0.25, -0.2) is 0 Å². The average Bonchev–Trinajstić information content (AvgIpc) is 3.22. The molecule has 0 bridgehead atoms. The van der Waals surface area contributed by atoms with Gasteiger partial charge in [0, 0.05) is 58.5 Å². The van der Waals surface area contributed by atoms with Crippen LogP contribution < -0.4 is 14.2 Å². The molecule has 0 fully saturated rings. The molecule has 18 nitrogen and oxygen atoms in total. The van der Waals surface area contributed by atoms with E-state index in [1.165, 1.54) is 18.2 Å². The number of phenolic OH excluding ortho intramolecular Hbond substituents is 12. The molecule has 3 aliphatic rings. The summed E-state index contributed by atoms with van der Waals surface area (Å²) >= 11 is 0. The molecule has 3 heterocycles. The second-order valence-corrected chi connectivity index (χ2v) is 15.7. The maximum atomic E-state index is 12.5. The number of hydrogen-bond acceptors (Lipinski definition) is 18. The van der Waals surface area contributed by atoms with Crippen molar-refractivity contribution in [2.75, 3.05) is 0 Å². The number of phenols is 12. The average molecular weight is 867 g/mol. The Morgan fingerprint density at radius 2 is 0.778 bits per heavy atom. The summed E-state index contributed by atoms with van der Waals surface area (Å²) in [7, 11) is 0. The van der Waals surface area contributed by atoms with Gasteiger partial charge in [-0.3, -0.25) is 0 Å². The van der Waals surface area contributed by atoms with Gasteiger partial charge in [0.25, 0.3) is 0 Å². The van der Waals surface area contributed by atoms with E-state index in [9.17, 15) is 76.6 Å². The van der Waals surface area contributed by atoms with Crippen LogP contribution in [0.2, 0.25) is 0 Å². The summed E-state index contributed by atoms with van der Waals surface area (Å²) in [6, 6.07) is 14.4. The summed E-state index contributed by atoms with van der Waals surface area (Å²) in [5.74, 6) is -11.5. The first-order valence-corrected chi connectivity index (χ1v) is 19.3. The fourth-order valence-electron chi connectivity index (χ4n) is 8.94. The third-order valence-electron chi connectivity index (χ3n) is 11.8. The summed E-state index contributed by atoms with van der Waals surface area (Å²) in [4.78, 5) is 0. The zero-order chi connectivity index (χ0) is 44.9. The van der Waals surface area contributed by atoms with E-state index < -0.39 is 123 Å². The molecule has 0 radical (unpaired) electrons. The first-order chi connectivity index (χ1) is 29.9. The molecule has 0 amide bonds. The monoisotopic (exact) mass is 866 g/mol. The predicted octanol–water partition coefficient (Wildman–Crippen LogP) is 4.44. The zero-order valence-corrected chi connectivity index (χ0v) is 32.3. The zero-order valence-electron chi connectivity index (χ0n) is 32.3. The molecule has 6 aromatic rings. The highest BCUT2D eigenvalue weighted by molar-refractivity contribution is 5.70. The van der Waals surface area contributed by atoms with E-state index in [1.54, 1.807) is 0 Å². The number of fused-ring (bicyclic) bond motifs is 3. The molecular formula is C45H38O18. The van der Waals surface area contributed by atoms with E-state index in [4.69, 9.17) is 14.2 Å². The quantitative estimate of drug-likeness (QED) is 0.106. The van der Waals surface area contributed by atoms with Gasteiger partial charge in [-0.1, -0.05) is 18.2 Å². The van der Waals surface area contributed by atoms with Gasteiger partial charge in [-0.15, -0.1) is 0 Å². The first-order valence-electron chi connectivity index (χ1n) is 19.3. The van der Waals surface area contributed by atoms with Crippen LogP contribution in [0.25, 0.3) is 0 Å². The van der Waals surface area contributed by atoms with Crippen molar-refractivity contribution < 1.29 is 90.8 Å². The Labute approximate surface area is 354 Å². The fourth-order valence-corrected chi connectivity index (χ4v) is 8.94. The highest BCUT2D eigenvalue weighted by Crippen LogP contribution is 2.62. The topological polar surface area (TPSA) is 331 Å². The van der Waals surface area contributed by atoms with Crippen LogP contribution in [0.15, 0.2) is 78.9 Å². The lowest BCUT2D eigenvalue weighted by Gasteiger charge is -2.43. The number of rotatable bonds is 5. The molecule has 0 spiro atoms. The Balaban J connectivity index is 1.31. The Hall–Kier alpha value is -7.80. The third kappa shape index (κ3) is 6.46. The van der Waals surface area contributed by atoms with Crippen LogP contribution in [-0.2, 0) is 6.42 Å². The molecule has 0 aliphatic carbocycles. The lowest BCUT2D eigenvalue weighted by atomic mass is 9.73. The van der Waals surface area contributed by atoms with Crippen molar-refractivity contribution in [2.45, 2.75) is 54.9 Å². The van der Waals surface area contributed by atoms with Crippen LogP contribution in [0.3, 0.4) is 0 Å². The second-order valence-electron chi connectivity index (χ2n) is 15.7. The Kier molecular flexibility index (Phi) is 9.46. The normalized spacial score (nSPS) is 23.6. The number of ether oxygens (including phenoxy) is 3. The number of aliphatic hydroxyl groups is 3. The van der Waals surface area contributed by atoms with Crippen LogP contribution in [-0.4, -0.2) is 94.9 Å². The number of hydrogen-bond donors (Lipinski definition) is 15. The van der Waals surface area contributed by atoms with E-state index in [0.29, 0.717) is 0 Å². The highest BCUT2D eigenvalue weighted by Gasteiger charge is 2.51. The van der Waals surface area contributed by atoms with Crippen molar-refractivity contribution >= 4 is 0 Å². The lowest BCUT2D eigenvalue weighted by Crippen LogP contribution is -2.39. The predicted molar refractivity (Wildman–Crippen MR) is 214 cm³/mol. The number of benzene rings is 6. The SMILES string of the molecule is Oc1cc(O)c2c(c1)O[C@H](c1ccc(O)c(O)c1)[C@@H](O)[C@@H]2c1c(O)cc(O)c2c1O[C@H](c1ccc(O)c(O)c1)[C@H](O)[C@H]2c1c(O)cc(O)c2c1O[C@H](c1ccc(O)c(O)c1)[C@H](O)C2. The fraction of sp³-hybridized carbons (Fsp3) is 0.200. The molecule has 8 atom stereocenters. The summed E-state index contributed by atoms with van der Waals surface area (Å²) in [6.45, 7) is 0. The summed E-state index contributed by atoms with van der Waals surface area (Å²) in [5, 5.41) is 166. The van der Waals surface area contributed by atoms with E-state index >= 15 is 0 Å². The maximum Gasteiger partial charge on any atom is 0.157 e. The van der Waals surface area contributed by atoms with Crippen LogP contribution in [0.4, 0.5) is 0 Å². The third-order valence-corrected chi connectivity index (χ3v) is 11.8. The minimum Gasteiger partial charge on any atom is -0.508 e. The molecular weight excluding hydrogens is 828 g/mol. The van der Waals surface area contributed by atoms with Crippen LogP contribution in [0.5, 0.6) is 86.2 Å². The minimum atomic E-state index is -1.90. The van der Waals surface area contributed by atoms with Gasteiger partial charge in [0.15, 0.2) is 46.7 Å². The smallest absolute Gasteiger partial charge is 0.157 e. The lowest BCUT2D eigenvalue weighted by molar-refractivity contribution is -0.00562. The summed E-state index contributed by atoms with van der Waals surface area (Å²) in [6.07, 6.45) is -9.93. The molecule has 326 valence electrons. The summed E-state index contributed by atoms with van der Waals surface area (Å²) in [5.41, 5.74) is -1.10. The Morgan fingerprint density at radius 3 is 1.29 bits per heavy atom. The van der Waals surface area contributed by atoms with Crippen molar-refractivity contribution in [3.8, 4) is 86.2 Å². The highest BCUT2D eigenvalue weighted by atomic mass is 16.5. The van der Waals surface area contributed by atoms with Gasteiger partial charge in [0.05, 0.1) is 17.9 Å². The molecule has 0 unspecified atom stereocenters. The van der Waals surface area contributed by atoms with Gasteiger partial charge in [0.1, 0.15) is 70.1 Å². The molecule has 18 heteroatoms. The van der Waals surface area contributed by atoms with Crippen molar-refractivity contribution in [2.24, 2.45) is 0 Å². The van der Waals surface area contributed by atoms with Crippen molar-refractivity contribution in [1.82, 2.24) is 0 Å².